The van der Waals surface area contributed by atoms with Crippen molar-refractivity contribution in [2.45, 2.75) is 13.5 Å². The fourth-order valence-electron chi connectivity index (χ4n) is 3.39. The quantitative estimate of drug-likeness (QED) is 0.770. The summed E-state index contributed by atoms with van der Waals surface area (Å²) < 4.78 is 6.58. The van der Waals surface area contributed by atoms with E-state index in [1.165, 1.54) is 11.6 Å². The Hall–Kier alpha value is -3.49. The number of benzene rings is 1. The second-order valence-corrected chi connectivity index (χ2v) is 7.05. The third kappa shape index (κ3) is 4.73. The molecule has 3 rings (SSSR count). The van der Waals surface area contributed by atoms with Crippen molar-refractivity contribution in [3.8, 4) is 5.75 Å². The van der Waals surface area contributed by atoms with E-state index in [0.717, 1.165) is 11.4 Å². The van der Waals surface area contributed by atoms with Crippen LogP contribution in [-0.4, -0.2) is 61.7 Å². The van der Waals surface area contributed by atoms with Gasteiger partial charge < -0.3 is 29.7 Å². The maximum atomic E-state index is 12.8. The van der Waals surface area contributed by atoms with Crippen LogP contribution >= 0.6 is 0 Å². The van der Waals surface area contributed by atoms with E-state index in [1.807, 2.05) is 24.3 Å². The van der Waals surface area contributed by atoms with E-state index in [1.54, 1.807) is 31.1 Å². The van der Waals surface area contributed by atoms with Gasteiger partial charge in [-0.15, -0.1) is 0 Å². The number of aromatic nitrogens is 1. The number of urea groups is 1. The first kappa shape index (κ1) is 21.2. The number of nitrogens with one attached hydrogen (secondary N) is 2. The van der Waals surface area contributed by atoms with Crippen LogP contribution < -0.4 is 25.8 Å². The van der Waals surface area contributed by atoms with E-state index < -0.39 is 11.6 Å². The first-order valence-electron chi connectivity index (χ1n) is 9.79. The molecule has 0 aliphatic carbocycles. The molecule has 0 atom stereocenters. The lowest BCUT2D eigenvalue weighted by Crippen LogP contribution is -2.50. The Morgan fingerprint density at radius 1 is 1.03 bits per heavy atom. The Kier molecular flexibility index (Phi) is 6.61. The molecule has 2 N–H and O–H groups in total. The van der Waals surface area contributed by atoms with Crippen LogP contribution in [0.3, 0.4) is 0 Å². The molecule has 0 unspecified atom stereocenters. The molecule has 9 heteroatoms. The van der Waals surface area contributed by atoms with Crippen molar-refractivity contribution in [1.29, 1.82) is 0 Å². The van der Waals surface area contributed by atoms with E-state index in [2.05, 4.69) is 15.5 Å². The Bertz CT molecular complexity index is 962. The molecule has 160 valence electrons. The predicted molar refractivity (Wildman–Crippen MR) is 115 cm³/mol. The first-order chi connectivity index (χ1) is 14.4. The lowest BCUT2D eigenvalue weighted by atomic mass is 10.2. The molecular formula is C21H27N5O4. The highest BCUT2D eigenvalue weighted by molar-refractivity contribution is 5.88. The average molecular weight is 413 g/mol. The van der Waals surface area contributed by atoms with E-state index in [0.29, 0.717) is 31.9 Å². The van der Waals surface area contributed by atoms with Crippen LogP contribution in [0, 0.1) is 6.92 Å². The lowest BCUT2D eigenvalue weighted by molar-refractivity contribution is -0.132. The van der Waals surface area contributed by atoms with Gasteiger partial charge in [-0.2, -0.15) is 0 Å². The molecule has 2 heterocycles. The van der Waals surface area contributed by atoms with Gasteiger partial charge in [0.25, 0.3) is 5.56 Å². The van der Waals surface area contributed by atoms with E-state index in [-0.39, 0.29) is 18.1 Å². The molecule has 1 saturated heterocycles. The highest BCUT2D eigenvalue weighted by Gasteiger charge is 2.22. The van der Waals surface area contributed by atoms with Gasteiger partial charge in [-0.05, 0) is 43.3 Å². The number of carbonyl (C=O) groups excluding carboxylic acids is 2. The molecule has 1 aromatic carbocycles. The number of amides is 3. The Balaban J connectivity index is 1.64. The smallest absolute Gasteiger partial charge is 0.319 e. The second kappa shape index (κ2) is 9.34. The van der Waals surface area contributed by atoms with Gasteiger partial charge in [-0.1, -0.05) is 0 Å². The molecule has 1 aromatic heterocycles. The Morgan fingerprint density at radius 2 is 1.70 bits per heavy atom. The van der Waals surface area contributed by atoms with Crippen LogP contribution in [0.5, 0.6) is 5.75 Å². The number of nitrogens with zero attached hydrogens (tertiary/aromatic N) is 3. The molecule has 30 heavy (non-hydrogen) atoms. The van der Waals surface area contributed by atoms with Gasteiger partial charge >= 0.3 is 6.03 Å². The van der Waals surface area contributed by atoms with Crippen LogP contribution in [-0.2, 0) is 11.3 Å². The summed E-state index contributed by atoms with van der Waals surface area (Å²) in [5, 5.41) is 4.89. The fourth-order valence-corrected chi connectivity index (χ4v) is 3.39. The van der Waals surface area contributed by atoms with Gasteiger partial charge in [0.2, 0.25) is 5.91 Å². The molecule has 1 aliphatic rings. The average Bonchev–Trinajstić information content (AvgIpc) is 2.78. The minimum Gasteiger partial charge on any atom is -0.497 e. The highest BCUT2D eigenvalue weighted by atomic mass is 16.5. The number of methoxy groups -OCH3 is 1. The summed E-state index contributed by atoms with van der Waals surface area (Å²) in [6.07, 6.45) is 0. The number of hydrogen-bond donors (Lipinski definition) is 2. The zero-order chi connectivity index (χ0) is 21.7. The molecular weight excluding hydrogens is 386 g/mol. The summed E-state index contributed by atoms with van der Waals surface area (Å²) in [6.45, 7) is 4.29. The van der Waals surface area contributed by atoms with Gasteiger partial charge in [0.15, 0.2) is 0 Å². The number of aryl methyl sites for hydroxylation is 1. The van der Waals surface area contributed by atoms with E-state index >= 15 is 0 Å². The number of rotatable bonds is 5. The van der Waals surface area contributed by atoms with Crippen molar-refractivity contribution < 1.29 is 14.3 Å². The molecule has 2 aromatic rings. The maximum absolute atomic E-state index is 12.8. The number of piperazine rings is 1. The molecule has 9 nitrogen and oxygen atoms in total. The third-order valence-corrected chi connectivity index (χ3v) is 5.23. The molecule has 1 fully saturated rings. The number of hydrogen-bond acceptors (Lipinski definition) is 5. The Labute approximate surface area is 175 Å². The Morgan fingerprint density at radius 3 is 2.30 bits per heavy atom. The first-order valence-corrected chi connectivity index (χ1v) is 9.79. The van der Waals surface area contributed by atoms with Crippen LogP contribution in [0.25, 0.3) is 0 Å². The topological polar surface area (TPSA) is 95.9 Å². The standard InChI is InChI=1S/C21H27N5O4/c1-15-4-9-18(23-21(29)22-2)20(28)26(15)14-19(27)25-12-10-24(11-13-25)16-5-7-17(30-3)8-6-16/h4-9H,10-14H2,1-3H3,(H2,22,23,29). The zero-order valence-corrected chi connectivity index (χ0v) is 17.5. The van der Waals surface area contributed by atoms with E-state index in [9.17, 15) is 14.4 Å². The highest BCUT2D eigenvalue weighted by Crippen LogP contribution is 2.20. The van der Waals surface area contributed by atoms with E-state index in [4.69, 9.17) is 4.74 Å². The lowest BCUT2D eigenvalue weighted by Gasteiger charge is -2.36. The summed E-state index contributed by atoms with van der Waals surface area (Å²) in [7, 11) is 3.11. The van der Waals surface area contributed by atoms with Crippen LogP contribution in [0.2, 0.25) is 0 Å². The molecule has 1 aliphatic heterocycles. The van der Waals surface area contributed by atoms with Crippen molar-refractivity contribution in [2.75, 3.05) is 50.6 Å². The number of pyridine rings is 1. The molecule has 0 radical (unpaired) electrons. The molecule has 0 saturated carbocycles. The summed E-state index contributed by atoms with van der Waals surface area (Å²) in [4.78, 5) is 41.0. The van der Waals surface area contributed by atoms with Crippen molar-refractivity contribution in [3.05, 3.63) is 52.4 Å². The van der Waals surface area contributed by atoms with Gasteiger partial charge in [0.1, 0.15) is 18.0 Å². The fraction of sp³-hybridized carbons (Fsp3) is 0.381. The SMILES string of the molecule is CNC(=O)Nc1ccc(C)n(CC(=O)N2CCN(c3ccc(OC)cc3)CC2)c1=O. The van der Waals surface area contributed by atoms with Crippen molar-refractivity contribution >= 4 is 23.3 Å². The summed E-state index contributed by atoms with van der Waals surface area (Å²) in [5.41, 5.74) is 1.48. The second-order valence-electron chi connectivity index (χ2n) is 7.05. The molecule has 0 spiro atoms. The van der Waals surface area contributed by atoms with Crippen LogP contribution in [0.1, 0.15) is 5.69 Å². The van der Waals surface area contributed by atoms with Gasteiger partial charge in [0, 0.05) is 44.6 Å². The third-order valence-electron chi connectivity index (χ3n) is 5.23. The van der Waals surface area contributed by atoms with Gasteiger partial charge in [-0.3, -0.25) is 9.59 Å². The monoisotopic (exact) mass is 413 g/mol. The minimum absolute atomic E-state index is 0.0591. The van der Waals surface area contributed by atoms with Gasteiger partial charge in [-0.25, -0.2) is 4.79 Å². The van der Waals surface area contributed by atoms with Crippen molar-refractivity contribution in [3.63, 3.8) is 0 Å². The van der Waals surface area contributed by atoms with Crippen LogP contribution in [0.15, 0.2) is 41.2 Å². The summed E-state index contributed by atoms with van der Waals surface area (Å²) in [6, 6.07) is 10.6. The normalized spacial score (nSPS) is 13.7. The zero-order valence-electron chi connectivity index (χ0n) is 17.5. The van der Waals surface area contributed by atoms with Crippen molar-refractivity contribution in [2.24, 2.45) is 0 Å². The predicted octanol–water partition coefficient (Wildman–Crippen LogP) is 1.27. The summed E-state index contributed by atoms with van der Waals surface area (Å²) >= 11 is 0. The summed E-state index contributed by atoms with van der Waals surface area (Å²) in [5.74, 6) is 0.688. The largest absolute Gasteiger partial charge is 0.497 e. The molecule has 3 amide bonds. The minimum atomic E-state index is -0.483. The van der Waals surface area contributed by atoms with Gasteiger partial charge in [0.05, 0.1) is 7.11 Å². The number of anilines is 2. The number of carbonyl (C=O) groups is 2. The van der Waals surface area contributed by atoms with Crippen LogP contribution in [0.4, 0.5) is 16.2 Å². The number of ether oxygens (including phenoxy) is 1. The van der Waals surface area contributed by atoms with Crippen molar-refractivity contribution in [1.82, 2.24) is 14.8 Å². The maximum Gasteiger partial charge on any atom is 0.319 e. The molecule has 0 bridgehead atoms.